The van der Waals surface area contributed by atoms with E-state index in [2.05, 4.69) is 39.0 Å². The van der Waals surface area contributed by atoms with Crippen molar-refractivity contribution in [1.29, 1.82) is 0 Å². The van der Waals surface area contributed by atoms with Gasteiger partial charge >= 0.3 is 0 Å². The van der Waals surface area contributed by atoms with Gasteiger partial charge in [-0.25, -0.2) is 0 Å². The Bertz CT molecular complexity index is 338. The minimum absolute atomic E-state index is 0.502. The lowest BCUT2D eigenvalue weighted by atomic mass is 9.86. The highest BCUT2D eigenvalue weighted by Gasteiger charge is 2.17. The van der Waals surface area contributed by atoms with E-state index in [0.717, 1.165) is 25.2 Å². The molecule has 0 aliphatic rings. The summed E-state index contributed by atoms with van der Waals surface area (Å²) in [5.74, 6) is 2.72. The van der Waals surface area contributed by atoms with E-state index < -0.39 is 0 Å². The van der Waals surface area contributed by atoms with Crippen LogP contribution in [0.25, 0.3) is 0 Å². The van der Waals surface area contributed by atoms with Crippen molar-refractivity contribution in [2.24, 2.45) is 5.92 Å². The quantitative estimate of drug-likeness (QED) is 0.463. The molecule has 102 valence electrons. The first-order valence-electron chi connectivity index (χ1n) is 7.01. The second-order valence-corrected chi connectivity index (χ2v) is 5.23. The van der Waals surface area contributed by atoms with E-state index in [9.17, 15) is 0 Å². The molecule has 0 aliphatic carbocycles. The molecule has 1 nitrogen and oxygen atoms in total. The lowest BCUT2D eigenvalue weighted by Crippen LogP contribution is -2.10. The second kappa shape index (κ2) is 8.42. The number of rotatable bonds is 8. The van der Waals surface area contributed by atoms with Gasteiger partial charge in [-0.3, -0.25) is 0 Å². The maximum atomic E-state index is 5.99. The summed E-state index contributed by atoms with van der Waals surface area (Å²) in [6.45, 7) is 7.42. The van der Waals surface area contributed by atoms with Gasteiger partial charge in [-0.15, -0.1) is 11.6 Å². The van der Waals surface area contributed by atoms with Crippen LogP contribution in [0.15, 0.2) is 24.3 Å². The highest BCUT2D eigenvalue weighted by Crippen LogP contribution is 2.30. The molecular weight excluding hydrogens is 244 g/mol. The number of ether oxygens (including phenoxy) is 1. The normalized spacial score (nSPS) is 14.2. The molecule has 0 saturated carbocycles. The van der Waals surface area contributed by atoms with Crippen molar-refractivity contribution in [3.8, 4) is 5.75 Å². The Labute approximate surface area is 116 Å². The number of unbranched alkanes of at least 4 members (excludes halogenated alkanes) is 1. The maximum absolute atomic E-state index is 5.99. The average molecular weight is 269 g/mol. The van der Waals surface area contributed by atoms with Gasteiger partial charge in [0.1, 0.15) is 5.75 Å². The molecule has 18 heavy (non-hydrogen) atoms. The Hall–Kier alpha value is -0.690. The number of halogens is 1. The third kappa shape index (κ3) is 4.53. The van der Waals surface area contributed by atoms with Crippen molar-refractivity contribution < 1.29 is 4.74 Å². The number of alkyl halides is 1. The molecular formula is C16H25ClO. The molecule has 0 heterocycles. The highest BCUT2D eigenvalue weighted by atomic mass is 35.5. The standard InChI is InChI=1S/C16H25ClO/c1-4-6-10-18-15-9-7-8-14(11-15)16(5-2)13(3)12-17/h7-9,11,13,16H,4-6,10,12H2,1-3H3/t13-,16+/m0/s1. The van der Waals surface area contributed by atoms with Gasteiger partial charge in [0, 0.05) is 5.88 Å². The molecule has 0 unspecified atom stereocenters. The van der Waals surface area contributed by atoms with Gasteiger partial charge in [0.05, 0.1) is 6.61 Å². The minimum Gasteiger partial charge on any atom is -0.494 e. The van der Waals surface area contributed by atoms with Gasteiger partial charge < -0.3 is 4.74 Å². The van der Waals surface area contributed by atoms with Crippen molar-refractivity contribution in [3.05, 3.63) is 29.8 Å². The molecule has 1 rings (SSSR count). The molecule has 0 aromatic heterocycles. The summed E-state index contributed by atoms with van der Waals surface area (Å²) >= 11 is 5.99. The van der Waals surface area contributed by atoms with Crippen molar-refractivity contribution in [1.82, 2.24) is 0 Å². The summed E-state index contributed by atoms with van der Waals surface area (Å²) in [5.41, 5.74) is 1.35. The maximum Gasteiger partial charge on any atom is 0.119 e. The summed E-state index contributed by atoms with van der Waals surface area (Å²) in [4.78, 5) is 0. The molecule has 0 spiro atoms. The van der Waals surface area contributed by atoms with Crippen molar-refractivity contribution in [3.63, 3.8) is 0 Å². The summed E-state index contributed by atoms with van der Waals surface area (Å²) < 4.78 is 5.76. The van der Waals surface area contributed by atoms with Crippen LogP contribution >= 0.6 is 11.6 Å². The Balaban J connectivity index is 2.73. The van der Waals surface area contributed by atoms with Gasteiger partial charge in [-0.1, -0.05) is 39.3 Å². The van der Waals surface area contributed by atoms with Crippen LogP contribution in [-0.2, 0) is 0 Å². The first kappa shape index (κ1) is 15.4. The lowest BCUT2D eigenvalue weighted by molar-refractivity contribution is 0.308. The third-order valence-electron chi connectivity index (χ3n) is 3.42. The smallest absolute Gasteiger partial charge is 0.119 e. The Kier molecular flexibility index (Phi) is 7.19. The average Bonchev–Trinajstić information content (AvgIpc) is 2.40. The van der Waals surface area contributed by atoms with E-state index in [1.165, 1.54) is 12.0 Å². The molecule has 2 atom stereocenters. The zero-order valence-corrected chi connectivity index (χ0v) is 12.5. The summed E-state index contributed by atoms with van der Waals surface area (Å²) in [5, 5.41) is 0. The predicted molar refractivity (Wildman–Crippen MR) is 79.8 cm³/mol. The van der Waals surface area contributed by atoms with E-state index in [-0.39, 0.29) is 0 Å². The van der Waals surface area contributed by atoms with Crippen LogP contribution in [0.5, 0.6) is 5.75 Å². The molecule has 0 bridgehead atoms. The van der Waals surface area contributed by atoms with Gasteiger partial charge in [0.2, 0.25) is 0 Å². The topological polar surface area (TPSA) is 9.23 Å². The van der Waals surface area contributed by atoms with E-state index in [1.54, 1.807) is 0 Å². The first-order chi connectivity index (χ1) is 8.72. The molecule has 0 fully saturated rings. The minimum atomic E-state index is 0.502. The largest absolute Gasteiger partial charge is 0.494 e. The van der Waals surface area contributed by atoms with Crippen LogP contribution < -0.4 is 4.74 Å². The fourth-order valence-corrected chi connectivity index (χ4v) is 2.46. The zero-order valence-electron chi connectivity index (χ0n) is 11.8. The number of hydrogen-bond acceptors (Lipinski definition) is 1. The zero-order chi connectivity index (χ0) is 13.4. The van der Waals surface area contributed by atoms with Crippen molar-refractivity contribution >= 4 is 11.6 Å². The van der Waals surface area contributed by atoms with Crippen LogP contribution in [0, 0.1) is 5.92 Å². The number of hydrogen-bond donors (Lipinski definition) is 0. The van der Waals surface area contributed by atoms with Gasteiger partial charge in [0.15, 0.2) is 0 Å². The van der Waals surface area contributed by atoms with Crippen LogP contribution in [0.4, 0.5) is 0 Å². The molecule has 0 aliphatic heterocycles. The van der Waals surface area contributed by atoms with E-state index in [0.29, 0.717) is 17.7 Å². The summed E-state index contributed by atoms with van der Waals surface area (Å²) in [6.07, 6.45) is 3.40. The van der Waals surface area contributed by atoms with Crippen LogP contribution in [0.2, 0.25) is 0 Å². The monoisotopic (exact) mass is 268 g/mol. The van der Waals surface area contributed by atoms with Crippen molar-refractivity contribution in [2.45, 2.75) is 46.0 Å². The van der Waals surface area contributed by atoms with E-state index in [1.807, 2.05) is 6.07 Å². The van der Waals surface area contributed by atoms with Gasteiger partial charge in [-0.05, 0) is 42.4 Å². The van der Waals surface area contributed by atoms with Crippen molar-refractivity contribution in [2.75, 3.05) is 12.5 Å². The Morgan fingerprint density at radius 2 is 2.06 bits per heavy atom. The first-order valence-corrected chi connectivity index (χ1v) is 7.55. The molecule has 0 radical (unpaired) electrons. The molecule has 0 amide bonds. The summed E-state index contributed by atoms with van der Waals surface area (Å²) in [6, 6.07) is 8.48. The number of benzene rings is 1. The van der Waals surface area contributed by atoms with E-state index in [4.69, 9.17) is 16.3 Å². The Morgan fingerprint density at radius 3 is 2.67 bits per heavy atom. The summed E-state index contributed by atoms with van der Waals surface area (Å²) in [7, 11) is 0. The molecule has 2 heteroatoms. The highest BCUT2D eigenvalue weighted by molar-refractivity contribution is 6.18. The Morgan fingerprint density at radius 1 is 1.28 bits per heavy atom. The lowest BCUT2D eigenvalue weighted by Gasteiger charge is -2.21. The van der Waals surface area contributed by atoms with Gasteiger partial charge in [0.25, 0.3) is 0 Å². The van der Waals surface area contributed by atoms with Crippen LogP contribution in [0.1, 0.15) is 51.5 Å². The molecule has 0 saturated heterocycles. The predicted octanol–water partition coefficient (Wildman–Crippen LogP) is 5.23. The van der Waals surface area contributed by atoms with Gasteiger partial charge in [-0.2, -0.15) is 0 Å². The van der Waals surface area contributed by atoms with Crippen LogP contribution in [0.3, 0.4) is 0 Å². The molecule has 0 N–H and O–H groups in total. The SMILES string of the molecule is CCCCOc1cccc([C@H](CC)[C@@H](C)CCl)c1. The third-order valence-corrected chi connectivity index (χ3v) is 3.91. The second-order valence-electron chi connectivity index (χ2n) is 4.92. The molecule has 1 aromatic rings. The van der Waals surface area contributed by atoms with Crippen LogP contribution in [-0.4, -0.2) is 12.5 Å². The van der Waals surface area contributed by atoms with E-state index >= 15 is 0 Å². The fraction of sp³-hybridized carbons (Fsp3) is 0.625. The fourth-order valence-electron chi connectivity index (χ4n) is 2.24. The molecule has 1 aromatic carbocycles.